The molecular weight excluding hydrogens is 384 g/mol. The molecule has 126 valence electrons. The number of thiazole rings is 1. The number of allylic oxidation sites excluding steroid dienone is 1. The van der Waals surface area contributed by atoms with Crippen molar-refractivity contribution in [1.82, 2.24) is 4.57 Å². The van der Waals surface area contributed by atoms with Crippen LogP contribution in [0.15, 0.2) is 45.4 Å². The highest BCUT2D eigenvalue weighted by Gasteiger charge is 2.32. The largest absolute Gasteiger partial charge is 0.384 e. The molecule has 4 heterocycles. The third kappa shape index (κ3) is 2.44. The summed E-state index contributed by atoms with van der Waals surface area (Å²) in [6.45, 7) is 0. The van der Waals surface area contributed by atoms with Crippen LogP contribution in [0.2, 0.25) is 0 Å². The van der Waals surface area contributed by atoms with Crippen LogP contribution in [0.4, 0.5) is 0 Å². The van der Waals surface area contributed by atoms with Gasteiger partial charge in [0, 0.05) is 9.75 Å². The average Bonchev–Trinajstić information content (AvgIpc) is 3.38. The van der Waals surface area contributed by atoms with Crippen LogP contribution in [-0.2, 0) is 0 Å². The van der Waals surface area contributed by atoms with E-state index in [4.69, 9.17) is 5.73 Å². The summed E-state index contributed by atoms with van der Waals surface area (Å²) in [5.74, 6) is -0.426. The van der Waals surface area contributed by atoms with Crippen LogP contribution in [0.25, 0.3) is 17.5 Å². The topological polar surface area (TPSA) is 95.6 Å². The minimum atomic E-state index is -0.530. The van der Waals surface area contributed by atoms with E-state index in [1.54, 1.807) is 6.08 Å². The summed E-state index contributed by atoms with van der Waals surface area (Å²) in [5, 5.41) is 23.3. The van der Waals surface area contributed by atoms with E-state index in [1.165, 1.54) is 38.6 Å². The molecule has 3 aromatic rings. The summed E-state index contributed by atoms with van der Waals surface area (Å²) in [4.78, 5) is 14.7. The normalized spacial score (nSPS) is 17.1. The van der Waals surface area contributed by atoms with Gasteiger partial charge in [-0.15, -0.1) is 34.0 Å². The zero-order valence-electron chi connectivity index (χ0n) is 13.2. The second kappa shape index (κ2) is 6.43. The lowest BCUT2D eigenvalue weighted by Crippen LogP contribution is -2.38. The molecule has 5 nitrogen and oxygen atoms in total. The van der Waals surface area contributed by atoms with Crippen molar-refractivity contribution in [1.29, 1.82) is 10.5 Å². The predicted molar refractivity (Wildman–Crippen MR) is 105 cm³/mol. The van der Waals surface area contributed by atoms with E-state index in [2.05, 4.69) is 12.1 Å². The zero-order chi connectivity index (χ0) is 18.3. The van der Waals surface area contributed by atoms with E-state index in [0.29, 0.717) is 14.8 Å². The quantitative estimate of drug-likeness (QED) is 0.719. The first-order valence-corrected chi connectivity index (χ1v) is 10.1. The van der Waals surface area contributed by atoms with Crippen molar-refractivity contribution < 1.29 is 0 Å². The Kier molecular flexibility index (Phi) is 4.09. The summed E-state index contributed by atoms with van der Waals surface area (Å²) < 4.78 is 2.28. The first-order valence-electron chi connectivity index (χ1n) is 7.50. The molecule has 0 saturated heterocycles. The van der Waals surface area contributed by atoms with Gasteiger partial charge in [0.05, 0.1) is 33.7 Å². The zero-order valence-corrected chi connectivity index (χ0v) is 15.6. The first kappa shape index (κ1) is 16.6. The number of hydrogen-bond donors (Lipinski definition) is 1. The van der Waals surface area contributed by atoms with E-state index in [1.807, 2.05) is 35.0 Å². The van der Waals surface area contributed by atoms with E-state index in [-0.39, 0.29) is 17.0 Å². The molecule has 0 aliphatic carbocycles. The van der Waals surface area contributed by atoms with Crippen LogP contribution in [0.5, 0.6) is 0 Å². The van der Waals surface area contributed by atoms with Crippen molar-refractivity contribution >= 4 is 51.5 Å². The van der Waals surface area contributed by atoms with Gasteiger partial charge in [-0.25, -0.2) is 0 Å². The van der Waals surface area contributed by atoms with Gasteiger partial charge in [-0.3, -0.25) is 9.36 Å². The molecule has 0 spiro atoms. The van der Waals surface area contributed by atoms with Crippen molar-refractivity contribution in [2.75, 3.05) is 0 Å². The number of fused-ring (bicyclic) bond motifs is 1. The summed E-state index contributed by atoms with van der Waals surface area (Å²) in [5.41, 5.74) is 6.51. The van der Waals surface area contributed by atoms with Gasteiger partial charge in [0.2, 0.25) is 0 Å². The van der Waals surface area contributed by atoms with Crippen LogP contribution < -0.4 is 20.5 Å². The Morgan fingerprint density at radius 1 is 1.12 bits per heavy atom. The van der Waals surface area contributed by atoms with Crippen molar-refractivity contribution in [2.45, 2.75) is 5.92 Å². The number of nitrogens with two attached hydrogens (primary N) is 1. The van der Waals surface area contributed by atoms with Crippen molar-refractivity contribution in [3.8, 4) is 12.1 Å². The van der Waals surface area contributed by atoms with E-state index in [0.717, 1.165) is 9.75 Å². The maximum atomic E-state index is 12.9. The Morgan fingerprint density at radius 2 is 1.85 bits per heavy atom. The SMILES string of the molecule is N#CC1=C(N)n2c(s/c(=C/c3cccs3)c2=O)=C(C#N)[C@H]1c1cccs1. The minimum absolute atomic E-state index is 0.104. The third-order valence-corrected chi connectivity index (χ3v) is 6.90. The van der Waals surface area contributed by atoms with Crippen molar-refractivity contribution in [3.63, 3.8) is 0 Å². The van der Waals surface area contributed by atoms with Gasteiger partial charge in [-0.2, -0.15) is 10.5 Å². The van der Waals surface area contributed by atoms with E-state index < -0.39 is 5.92 Å². The van der Waals surface area contributed by atoms with Crippen LogP contribution >= 0.6 is 34.0 Å². The Hall–Kier alpha value is -2.91. The molecule has 26 heavy (non-hydrogen) atoms. The standard InChI is InChI=1S/C18H10N4OS3/c19-8-11-15(13-4-2-6-25-13)12(9-20)18-22(16(11)21)17(23)14(26-18)7-10-3-1-5-24-10/h1-7,15H,21H2/b14-7+/t15-/m0/s1. The van der Waals surface area contributed by atoms with Gasteiger partial charge < -0.3 is 5.73 Å². The van der Waals surface area contributed by atoms with Gasteiger partial charge in [0.1, 0.15) is 10.5 Å². The monoisotopic (exact) mass is 394 g/mol. The van der Waals surface area contributed by atoms with Crippen LogP contribution in [-0.4, -0.2) is 4.57 Å². The number of nitriles is 2. The number of thiophene rings is 2. The minimum Gasteiger partial charge on any atom is -0.384 e. The molecule has 4 rings (SSSR count). The maximum Gasteiger partial charge on any atom is 0.274 e. The van der Waals surface area contributed by atoms with Gasteiger partial charge >= 0.3 is 0 Å². The Bertz CT molecular complexity index is 1280. The number of aromatic nitrogens is 1. The molecule has 0 aromatic carbocycles. The lowest BCUT2D eigenvalue weighted by atomic mass is 9.89. The first-order chi connectivity index (χ1) is 12.7. The fourth-order valence-electron chi connectivity index (χ4n) is 2.89. The van der Waals surface area contributed by atoms with Crippen LogP contribution in [0, 0.1) is 22.7 Å². The fourth-order valence-corrected chi connectivity index (χ4v) is 5.59. The third-order valence-electron chi connectivity index (χ3n) is 4.03. The maximum absolute atomic E-state index is 12.9. The van der Waals surface area contributed by atoms with E-state index >= 15 is 0 Å². The summed E-state index contributed by atoms with van der Waals surface area (Å²) in [6.07, 6.45) is 1.79. The number of nitrogens with zero attached hydrogens (tertiary/aromatic N) is 3. The highest BCUT2D eigenvalue weighted by atomic mass is 32.1. The molecule has 0 bridgehead atoms. The van der Waals surface area contributed by atoms with Gasteiger partial charge in [-0.05, 0) is 29.0 Å². The molecular formula is C18H10N4OS3. The molecule has 1 aliphatic rings. The molecule has 8 heteroatoms. The lowest BCUT2D eigenvalue weighted by Gasteiger charge is -2.20. The molecule has 0 saturated carbocycles. The molecule has 1 aliphatic heterocycles. The van der Waals surface area contributed by atoms with Crippen molar-refractivity contribution in [3.05, 3.63) is 69.9 Å². The summed E-state index contributed by atoms with van der Waals surface area (Å²) in [6, 6.07) is 11.9. The molecule has 0 amide bonds. The van der Waals surface area contributed by atoms with Gasteiger partial charge in [0.15, 0.2) is 0 Å². The summed E-state index contributed by atoms with van der Waals surface area (Å²) >= 11 is 4.21. The average molecular weight is 395 g/mol. The molecule has 0 unspecified atom stereocenters. The molecule has 2 N–H and O–H groups in total. The van der Waals surface area contributed by atoms with Gasteiger partial charge in [0.25, 0.3) is 5.56 Å². The van der Waals surface area contributed by atoms with Crippen LogP contribution in [0.1, 0.15) is 15.7 Å². The Morgan fingerprint density at radius 3 is 2.46 bits per heavy atom. The van der Waals surface area contributed by atoms with E-state index in [9.17, 15) is 15.3 Å². The Labute approximate surface area is 160 Å². The predicted octanol–water partition coefficient (Wildman–Crippen LogP) is 1.98. The van der Waals surface area contributed by atoms with Gasteiger partial charge in [-0.1, -0.05) is 12.1 Å². The Balaban J connectivity index is 2.11. The highest BCUT2D eigenvalue weighted by molar-refractivity contribution is 7.11. The molecule has 1 atom stereocenters. The molecule has 0 fully saturated rings. The molecule has 0 radical (unpaired) electrons. The highest BCUT2D eigenvalue weighted by Crippen LogP contribution is 2.37. The fraction of sp³-hybridized carbons (Fsp3) is 0.0556. The molecule has 3 aromatic heterocycles. The number of rotatable bonds is 2. The second-order valence-electron chi connectivity index (χ2n) is 5.46. The summed E-state index contributed by atoms with van der Waals surface area (Å²) in [7, 11) is 0. The van der Waals surface area contributed by atoms with Crippen molar-refractivity contribution in [2.24, 2.45) is 5.73 Å². The smallest absolute Gasteiger partial charge is 0.274 e. The second-order valence-corrected chi connectivity index (χ2v) is 8.45. The van der Waals surface area contributed by atoms with Crippen LogP contribution in [0.3, 0.4) is 0 Å². The number of hydrogen-bond acceptors (Lipinski definition) is 7. The lowest BCUT2D eigenvalue weighted by molar-refractivity contribution is 0.914.